The van der Waals surface area contributed by atoms with Gasteiger partial charge in [-0.2, -0.15) is 13.2 Å². The van der Waals surface area contributed by atoms with Crippen LogP contribution in [-0.4, -0.2) is 18.4 Å². The highest BCUT2D eigenvalue weighted by atomic mass is 32.1. The van der Waals surface area contributed by atoms with Gasteiger partial charge in [0.1, 0.15) is 4.88 Å². The summed E-state index contributed by atoms with van der Waals surface area (Å²) in [6, 6.07) is 4.93. The van der Waals surface area contributed by atoms with E-state index in [0.717, 1.165) is 34.8 Å². The molecule has 30 heavy (non-hydrogen) atoms. The van der Waals surface area contributed by atoms with Crippen LogP contribution in [0.5, 0.6) is 0 Å². The highest BCUT2D eigenvalue weighted by molar-refractivity contribution is 7.18. The number of carbonyl (C=O) groups is 2. The molecule has 0 amide bonds. The van der Waals surface area contributed by atoms with Gasteiger partial charge in [-0.25, -0.2) is 4.79 Å². The van der Waals surface area contributed by atoms with Crippen molar-refractivity contribution in [3.63, 3.8) is 0 Å². The van der Waals surface area contributed by atoms with Crippen molar-refractivity contribution in [3.8, 4) is 0 Å². The summed E-state index contributed by atoms with van der Waals surface area (Å²) in [5.74, 6) is -0.958. The summed E-state index contributed by atoms with van der Waals surface area (Å²) in [4.78, 5) is 25.7. The summed E-state index contributed by atoms with van der Waals surface area (Å²) in [6.45, 7) is 3.76. The van der Waals surface area contributed by atoms with Crippen LogP contribution in [0, 0.1) is 6.92 Å². The zero-order chi connectivity index (χ0) is 21.6. The average molecular weight is 435 g/mol. The number of carbonyl (C=O) groups excluding carboxylic acids is 2. The largest absolute Gasteiger partial charge is 0.462 e. The summed E-state index contributed by atoms with van der Waals surface area (Å²) in [6.07, 6.45) is -2.63. The van der Waals surface area contributed by atoms with Crippen LogP contribution >= 0.6 is 11.3 Å². The predicted octanol–water partition coefficient (Wildman–Crippen LogP) is 5.82. The lowest BCUT2D eigenvalue weighted by Gasteiger charge is -2.33. The molecule has 0 radical (unpaired) electrons. The van der Waals surface area contributed by atoms with Crippen molar-refractivity contribution < 1.29 is 27.5 Å². The van der Waals surface area contributed by atoms with Crippen molar-refractivity contribution in [2.75, 3.05) is 11.9 Å². The fourth-order valence-electron chi connectivity index (χ4n) is 4.17. The first-order chi connectivity index (χ1) is 14.2. The van der Waals surface area contributed by atoms with Crippen molar-refractivity contribution in [3.05, 3.63) is 62.7 Å². The van der Waals surface area contributed by atoms with Crippen molar-refractivity contribution >= 4 is 28.1 Å². The summed E-state index contributed by atoms with van der Waals surface area (Å²) >= 11 is 1.26. The van der Waals surface area contributed by atoms with Crippen molar-refractivity contribution in [1.82, 2.24) is 0 Å². The van der Waals surface area contributed by atoms with Crippen molar-refractivity contribution in [2.24, 2.45) is 0 Å². The minimum atomic E-state index is -4.43. The van der Waals surface area contributed by atoms with E-state index in [0.29, 0.717) is 34.4 Å². The second kappa shape index (κ2) is 7.58. The standard InChI is InChI=1S/C22H20F3NO3S/c1-3-29-21(28)19-11(2)16-17(12-7-9-13(10-8-12)22(23,24)25)18-14(26-20(16)30-19)5-4-6-15(18)27/h7-10,17,26H,3-6H2,1-2H3/t17-/m0/s1. The molecule has 4 nitrogen and oxygen atoms in total. The molecule has 158 valence electrons. The quantitative estimate of drug-likeness (QED) is 0.618. The number of ketones is 1. The molecular formula is C22H20F3NO3S. The highest BCUT2D eigenvalue weighted by Crippen LogP contribution is 2.50. The molecule has 0 saturated carbocycles. The van der Waals surface area contributed by atoms with Crippen molar-refractivity contribution in [1.29, 1.82) is 0 Å². The van der Waals surface area contributed by atoms with Gasteiger partial charge in [0, 0.05) is 29.2 Å². The highest BCUT2D eigenvalue weighted by Gasteiger charge is 2.39. The minimum Gasteiger partial charge on any atom is -0.462 e. The zero-order valence-electron chi connectivity index (χ0n) is 16.5. The predicted molar refractivity (Wildman–Crippen MR) is 108 cm³/mol. The van der Waals surface area contributed by atoms with Gasteiger partial charge >= 0.3 is 12.1 Å². The molecule has 4 rings (SSSR count). The Morgan fingerprint density at radius 1 is 1.23 bits per heavy atom. The number of esters is 1. The number of allylic oxidation sites excluding steroid dienone is 2. The Hall–Kier alpha value is -2.61. The van der Waals surface area contributed by atoms with Crippen LogP contribution in [0.15, 0.2) is 35.5 Å². The van der Waals surface area contributed by atoms with Gasteiger partial charge in [-0.05, 0) is 49.9 Å². The first-order valence-electron chi connectivity index (χ1n) is 9.73. The molecule has 0 fully saturated rings. The Kier molecular flexibility index (Phi) is 5.22. The number of Topliss-reactive ketones (excluding diaryl/α,β-unsaturated/α-hetero) is 1. The van der Waals surface area contributed by atoms with Crippen LogP contribution in [0.1, 0.15) is 64.0 Å². The third-order valence-electron chi connectivity index (χ3n) is 5.52. The van der Waals surface area contributed by atoms with E-state index in [1.165, 1.54) is 23.5 Å². The summed E-state index contributed by atoms with van der Waals surface area (Å²) in [5, 5.41) is 4.06. The smallest absolute Gasteiger partial charge is 0.416 e. The van der Waals surface area contributed by atoms with Crippen LogP contribution in [0.25, 0.3) is 0 Å². The molecule has 0 saturated heterocycles. The number of ether oxygens (including phenoxy) is 1. The summed E-state index contributed by atoms with van der Waals surface area (Å²) < 4.78 is 44.3. The van der Waals surface area contributed by atoms with Gasteiger partial charge in [0.25, 0.3) is 0 Å². The summed E-state index contributed by atoms with van der Waals surface area (Å²) in [7, 11) is 0. The molecule has 1 atom stereocenters. The Morgan fingerprint density at radius 2 is 1.93 bits per heavy atom. The second-order valence-corrected chi connectivity index (χ2v) is 8.39. The van der Waals surface area contributed by atoms with E-state index in [1.807, 2.05) is 0 Å². The Labute approximate surface area is 175 Å². The Morgan fingerprint density at radius 3 is 2.57 bits per heavy atom. The van der Waals surface area contributed by atoms with E-state index in [1.54, 1.807) is 13.8 Å². The molecule has 1 aliphatic heterocycles. The maximum absolute atomic E-state index is 13.0. The van der Waals surface area contributed by atoms with Gasteiger partial charge in [0.05, 0.1) is 17.2 Å². The molecule has 2 aromatic rings. The first kappa shape index (κ1) is 20.7. The second-order valence-electron chi connectivity index (χ2n) is 7.37. The number of alkyl halides is 3. The van der Waals surface area contributed by atoms with E-state index < -0.39 is 23.6 Å². The lowest BCUT2D eigenvalue weighted by molar-refractivity contribution is -0.137. The molecule has 2 aliphatic rings. The van der Waals surface area contributed by atoms with Crippen molar-refractivity contribution in [2.45, 2.75) is 45.2 Å². The number of thiophene rings is 1. The first-order valence-corrected chi connectivity index (χ1v) is 10.5. The Bertz CT molecular complexity index is 1050. The van der Waals surface area contributed by atoms with Crippen LogP contribution < -0.4 is 5.32 Å². The van der Waals surface area contributed by atoms with Gasteiger partial charge in [-0.3, -0.25) is 4.79 Å². The van der Waals surface area contributed by atoms with Gasteiger partial charge < -0.3 is 10.1 Å². The molecular weight excluding hydrogens is 415 g/mol. The van der Waals surface area contributed by atoms with Crippen LogP contribution in [0.3, 0.4) is 0 Å². The monoisotopic (exact) mass is 435 g/mol. The molecule has 1 aromatic heterocycles. The summed E-state index contributed by atoms with van der Waals surface area (Å²) in [5.41, 5.74) is 2.70. The molecule has 0 bridgehead atoms. The van der Waals surface area contributed by atoms with E-state index in [9.17, 15) is 22.8 Å². The fraction of sp³-hybridized carbons (Fsp3) is 0.364. The normalized spacial score (nSPS) is 18.6. The number of nitrogens with one attached hydrogen (secondary N) is 1. The number of hydrogen-bond acceptors (Lipinski definition) is 5. The lowest BCUT2D eigenvalue weighted by atomic mass is 9.75. The van der Waals surface area contributed by atoms with Crippen LogP contribution in [-0.2, 0) is 15.7 Å². The Balaban J connectivity index is 1.87. The molecule has 8 heteroatoms. The zero-order valence-corrected chi connectivity index (χ0v) is 17.3. The third kappa shape index (κ3) is 3.43. The third-order valence-corrected chi connectivity index (χ3v) is 6.73. The molecule has 0 unspecified atom stereocenters. The van der Waals surface area contributed by atoms with E-state index in [-0.39, 0.29) is 12.4 Å². The molecule has 0 spiro atoms. The van der Waals surface area contributed by atoms with E-state index in [4.69, 9.17) is 4.74 Å². The number of fused-ring (bicyclic) bond motifs is 1. The molecule has 1 N–H and O–H groups in total. The molecule has 1 aliphatic carbocycles. The van der Waals surface area contributed by atoms with Gasteiger partial charge in [-0.15, -0.1) is 11.3 Å². The van der Waals surface area contributed by atoms with Crippen LogP contribution in [0.4, 0.5) is 18.2 Å². The van der Waals surface area contributed by atoms with Crippen LogP contribution in [0.2, 0.25) is 0 Å². The number of halogens is 3. The SMILES string of the molecule is CCOC(=O)c1sc2c(c1C)[C@H](c1ccc(C(F)(F)F)cc1)C1=C(CCCC1=O)N2. The van der Waals surface area contributed by atoms with Gasteiger partial charge in [-0.1, -0.05) is 12.1 Å². The topological polar surface area (TPSA) is 55.4 Å². The maximum atomic E-state index is 13.0. The van der Waals surface area contributed by atoms with Gasteiger partial charge in [0.15, 0.2) is 5.78 Å². The molecule has 1 aromatic carbocycles. The van der Waals surface area contributed by atoms with E-state index >= 15 is 0 Å². The molecule has 2 heterocycles. The minimum absolute atomic E-state index is 0.0115. The fourth-order valence-corrected chi connectivity index (χ4v) is 5.33. The average Bonchev–Trinajstić information content (AvgIpc) is 3.03. The maximum Gasteiger partial charge on any atom is 0.416 e. The number of rotatable bonds is 3. The van der Waals surface area contributed by atoms with E-state index in [2.05, 4.69) is 5.32 Å². The lowest BCUT2D eigenvalue weighted by Crippen LogP contribution is -2.26. The van der Waals surface area contributed by atoms with Gasteiger partial charge in [0.2, 0.25) is 0 Å². The number of benzene rings is 1. The number of hydrogen-bond donors (Lipinski definition) is 1. The number of anilines is 1.